The Morgan fingerprint density at radius 2 is 1.19 bits per heavy atom. The van der Waals surface area contributed by atoms with Crippen molar-refractivity contribution in [2.75, 3.05) is 4.90 Å². The molecule has 3 aromatic carbocycles. The van der Waals surface area contributed by atoms with Crippen LogP contribution in [0.4, 0.5) is 5.69 Å². The van der Waals surface area contributed by atoms with E-state index in [2.05, 4.69) is 0 Å². The second-order valence-corrected chi connectivity index (χ2v) is 8.24. The predicted octanol–water partition coefficient (Wildman–Crippen LogP) is 3.38. The molecule has 0 radical (unpaired) electrons. The average molecular weight is 423 g/mol. The minimum atomic E-state index is -2.04. The van der Waals surface area contributed by atoms with Crippen molar-refractivity contribution >= 4 is 29.1 Å². The fourth-order valence-electron chi connectivity index (χ4n) is 5.29. The summed E-state index contributed by atoms with van der Waals surface area (Å²) in [6.45, 7) is 0. The second kappa shape index (κ2) is 6.55. The number of amides is 2. The van der Waals surface area contributed by atoms with E-state index in [0.717, 1.165) is 4.90 Å². The number of Topliss-reactive ketones (excluding diaryl/α,β-unsaturated/α-hetero) is 2. The standard InChI is InChI=1S/C26H17NO5/c28-22-17-13-7-8-14-18(17)23(29)26(22)20-19(21(32-26)15-9-3-1-4-10-15)24(30)27(25(20)31)16-11-5-2-6-12-16/h1-14,19-21H/t19-,20-,21-/m0/s1. The maximum atomic E-state index is 13.7. The summed E-state index contributed by atoms with van der Waals surface area (Å²) in [6, 6.07) is 24.0. The Labute approximate surface area is 183 Å². The van der Waals surface area contributed by atoms with Gasteiger partial charge in [-0.25, -0.2) is 4.90 Å². The lowest BCUT2D eigenvalue weighted by atomic mass is 9.77. The van der Waals surface area contributed by atoms with Gasteiger partial charge in [-0.15, -0.1) is 0 Å². The van der Waals surface area contributed by atoms with Crippen molar-refractivity contribution in [3.05, 3.63) is 102 Å². The van der Waals surface area contributed by atoms with Gasteiger partial charge in [-0.2, -0.15) is 0 Å². The molecule has 32 heavy (non-hydrogen) atoms. The summed E-state index contributed by atoms with van der Waals surface area (Å²) in [5.41, 5.74) is -0.529. The van der Waals surface area contributed by atoms with Gasteiger partial charge >= 0.3 is 0 Å². The SMILES string of the molecule is O=C1[C@H]2[C@@H](C(=O)N1c1ccccc1)C1(O[C@H]2c2ccccc2)C(=O)c2ccccc2C1=O. The van der Waals surface area contributed by atoms with Gasteiger partial charge in [0.15, 0.2) is 0 Å². The van der Waals surface area contributed by atoms with Gasteiger partial charge in [0.25, 0.3) is 0 Å². The quantitative estimate of drug-likeness (QED) is 0.466. The summed E-state index contributed by atoms with van der Waals surface area (Å²) in [4.78, 5) is 55.6. The van der Waals surface area contributed by atoms with E-state index >= 15 is 0 Å². The molecule has 1 aliphatic carbocycles. The average Bonchev–Trinajstić information content (AvgIpc) is 3.40. The highest BCUT2D eigenvalue weighted by Crippen LogP contribution is 2.57. The van der Waals surface area contributed by atoms with Gasteiger partial charge < -0.3 is 4.74 Å². The number of nitrogens with zero attached hydrogens (tertiary/aromatic N) is 1. The number of para-hydroxylation sites is 1. The van der Waals surface area contributed by atoms with Crippen LogP contribution in [0.1, 0.15) is 32.4 Å². The van der Waals surface area contributed by atoms with Crippen molar-refractivity contribution in [3.63, 3.8) is 0 Å². The Morgan fingerprint density at radius 3 is 1.78 bits per heavy atom. The third kappa shape index (κ3) is 2.22. The summed E-state index contributed by atoms with van der Waals surface area (Å²) in [5.74, 6) is -4.36. The van der Waals surface area contributed by atoms with E-state index in [0.29, 0.717) is 11.3 Å². The first kappa shape index (κ1) is 18.8. The highest BCUT2D eigenvalue weighted by molar-refractivity contribution is 6.37. The number of ketones is 2. The zero-order valence-corrected chi connectivity index (χ0v) is 16.8. The van der Waals surface area contributed by atoms with Crippen LogP contribution in [-0.2, 0) is 14.3 Å². The first-order chi connectivity index (χ1) is 15.6. The summed E-state index contributed by atoms with van der Waals surface area (Å²) in [7, 11) is 0. The molecule has 0 unspecified atom stereocenters. The van der Waals surface area contributed by atoms with Gasteiger partial charge in [0.2, 0.25) is 29.0 Å². The molecular formula is C26H17NO5. The Bertz CT molecular complexity index is 1270. The number of carbonyl (C=O) groups excluding carboxylic acids is 4. The van der Waals surface area contributed by atoms with Crippen molar-refractivity contribution in [3.8, 4) is 0 Å². The van der Waals surface area contributed by atoms with E-state index in [1.807, 2.05) is 6.07 Å². The Kier molecular flexibility index (Phi) is 3.85. The third-order valence-electron chi connectivity index (χ3n) is 6.66. The van der Waals surface area contributed by atoms with Gasteiger partial charge in [0.1, 0.15) is 0 Å². The Hall–Kier alpha value is -3.90. The van der Waals surface area contributed by atoms with Gasteiger partial charge in [-0.1, -0.05) is 72.8 Å². The minimum Gasteiger partial charge on any atom is -0.349 e. The molecule has 6 rings (SSSR count). The lowest BCUT2D eigenvalue weighted by Gasteiger charge is -2.27. The highest BCUT2D eigenvalue weighted by atomic mass is 16.5. The van der Waals surface area contributed by atoms with E-state index in [-0.39, 0.29) is 11.1 Å². The van der Waals surface area contributed by atoms with Crippen molar-refractivity contribution in [2.45, 2.75) is 11.7 Å². The largest absolute Gasteiger partial charge is 0.349 e. The number of rotatable bonds is 2. The van der Waals surface area contributed by atoms with Crippen LogP contribution in [0.15, 0.2) is 84.9 Å². The molecule has 2 fully saturated rings. The van der Waals surface area contributed by atoms with Gasteiger partial charge in [0, 0.05) is 11.1 Å². The van der Waals surface area contributed by atoms with E-state index in [1.165, 1.54) is 0 Å². The normalized spacial score (nSPS) is 25.5. The van der Waals surface area contributed by atoms with Crippen molar-refractivity contribution in [1.82, 2.24) is 0 Å². The zero-order chi connectivity index (χ0) is 22.0. The number of fused-ring (bicyclic) bond motifs is 3. The van der Waals surface area contributed by atoms with Crippen LogP contribution >= 0.6 is 0 Å². The zero-order valence-electron chi connectivity index (χ0n) is 16.8. The minimum absolute atomic E-state index is 0.225. The van der Waals surface area contributed by atoms with E-state index in [9.17, 15) is 19.2 Å². The first-order valence-corrected chi connectivity index (χ1v) is 10.4. The predicted molar refractivity (Wildman–Crippen MR) is 114 cm³/mol. The number of anilines is 1. The van der Waals surface area contributed by atoms with Crippen LogP contribution in [0.5, 0.6) is 0 Å². The second-order valence-electron chi connectivity index (χ2n) is 8.24. The lowest BCUT2D eigenvalue weighted by Crippen LogP contribution is -2.51. The smallest absolute Gasteiger partial charge is 0.241 e. The number of ether oxygens (including phenoxy) is 1. The van der Waals surface area contributed by atoms with Crippen LogP contribution in [0.25, 0.3) is 0 Å². The molecule has 2 heterocycles. The molecule has 0 saturated carbocycles. The molecule has 2 saturated heterocycles. The van der Waals surface area contributed by atoms with Crippen LogP contribution in [0, 0.1) is 11.8 Å². The number of imide groups is 1. The lowest BCUT2D eigenvalue weighted by molar-refractivity contribution is -0.127. The molecule has 156 valence electrons. The van der Waals surface area contributed by atoms with Crippen molar-refractivity contribution < 1.29 is 23.9 Å². The first-order valence-electron chi connectivity index (χ1n) is 10.4. The summed E-state index contributed by atoms with van der Waals surface area (Å²) in [6.07, 6.45) is -0.895. The monoisotopic (exact) mass is 423 g/mol. The van der Waals surface area contributed by atoms with E-state index in [1.54, 1.807) is 78.9 Å². The molecule has 2 aliphatic heterocycles. The van der Waals surface area contributed by atoms with E-state index in [4.69, 9.17) is 4.74 Å². The molecule has 6 nitrogen and oxygen atoms in total. The molecule has 0 bridgehead atoms. The van der Waals surface area contributed by atoms with Gasteiger partial charge in [-0.3, -0.25) is 19.2 Å². The fraction of sp³-hybridized carbons (Fsp3) is 0.154. The number of carbonyl (C=O) groups is 4. The number of benzene rings is 3. The molecule has 3 aliphatic rings. The fourth-order valence-corrected chi connectivity index (χ4v) is 5.29. The van der Waals surface area contributed by atoms with Gasteiger partial charge in [0.05, 0.1) is 23.6 Å². The molecule has 6 heteroatoms. The van der Waals surface area contributed by atoms with Crippen LogP contribution in [-0.4, -0.2) is 29.0 Å². The van der Waals surface area contributed by atoms with Gasteiger partial charge in [-0.05, 0) is 17.7 Å². The molecular weight excluding hydrogens is 406 g/mol. The topological polar surface area (TPSA) is 80.8 Å². The molecule has 0 N–H and O–H groups in total. The summed E-state index contributed by atoms with van der Waals surface area (Å²) >= 11 is 0. The third-order valence-corrected chi connectivity index (χ3v) is 6.66. The molecule has 2 amide bonds. The Balaban J connectivity index is 1.56. The molecule has 3 aromatic rings. The van der Waals surface area contributed by atoms with Crippen LogP contribution in [0.3, 0.4) is 0 Å². The van der Waals surface area contributed by atoms with E-state index < -0.39 is 46.9 Å². The number of hydrogen-bond donors (Lipinski definition) is 0. The van der Waals surface area contributed by atoms with Crippen molar-refractivity contribution in [1.29, 1.82) is 0 Å². The summed E-state index contributed by atoms with van der Waals surface area (Å²) in [5, 5.41) is 0. The van der Waals surface area contributed by atoms with Crippen LogP contribution < -0.4 is 4.90 Å². The molecule has 1 spiro atoms. The Morgan fingerprint density at radius 1 is 0.656 bits per heavy atom. The van der Waals surface area contributed by atoms with Crippen LogP contribution in [0.2, 0.25) is 0 Å². The molecule has 3 atom stereocenters. The maximum absolute atomic E-state index is 13.7. The number of hydrogen-bond acceptors (Lipinski definition) is 5. The van der Waals surface area contributed by atoms with Crippen molar-refractivity contribution in [2.24, 2.45) is 11.8 Å². The maximum Gasteiger partial charge on any atom is 0.241 e. The summed E-state index contributed by atoms with van der Waals surface area (Å²) < 4.78 is 6.23. The highest BCUT2D eigenvalue weighted by Gasteiger charge is 2.74. The molecule has 0 aromatic heterocycles.